The molecule has 0 aromatic carbocycles. The van der Waals surface area contributed by atoms with Crippen LogP contribution in [0.25, 0.3) is 0 Å². The molecule has 1 atom stereocenters. The highest BCUT2D eigenvalue weighted by atomic mass is 16.5. The first-order valence-electron chi connectivity index (χ1n) is 19.9. The van der Waals surface area contributed by atoms with Crippen molar-refractivity contribution in [2.24, 2.45) is 0 Å². The Labute approximate surface area is 297 Å². The molecule has 1 unspecified atom stereocenters. The number of esters is 1. The molecule has 1 N–H and O–H groups in total. The highest BCUT2D eigenvalue weighted by molar-refractivity contribution is 5.69. The van der Waals surface area contributed by atoms with Crippen LogP contribution in [0.1, 0.15) is 187 Å². The number of carboxylic acids is 1. The van der Waals surface area contributed by atoms with Gasteiger partial charge in [-0.2, -0.15) is 0 Å². The summed E-state index contributed by atoms with van der Waals surface area (Å²) in [6, 6.07) is 0. The molecule has 0 saturated heterocycles. The number of hydrogen-bond donors (Lipinski definition) is 1. The first kappa shape index (κ1) is 45.4. The van der Waals surface area contributed by atoms with E-state index in [2.05, 4.69) is 80.7 Å². The van der Waals surface area contributed by atoms with Crippen LogP contribution >= 0.6 is 0 Å². The Morgan fingerprint density at radius 2 is 0.938 bits per heavy atom. The van der Waals surface area contributed by atoms with Crippen molar-refractivity contribution in [3.63, 3.8) is 0 Å². The minimum absolute atomic E-state index is 0.115. The minimum Gasteiger partial charge on any atom is -0.481 e. The van der Waals surface area contributed by atoms with Gasteiger partial charge in [0.25, 0.3) is 0 Å². The summed E-state index contributed by atoms with van der Waals surface area (Å²) in [5, 5.41) is 8.87. The summed E-state index contributed by atoms with van der Waals surface area (Å²) >= 11 is 0. The van der Waals surface area contributed by atoms with Gasteiger partial charge in [-0.3, -0.25) is 9.59 Å². The molecule has 274 valence electrons. The van der Waals surface area contributed by atoms with Crippen LogP contribution in [0.15, 0.2) is 72.9 Å². The van der Waals surface area contributed by atoms with E-state index in [0.29, 0.717) is 12.8 Å². The van der Waals surface area contributed by atoms with Crippen molar-refractivity contribution in [1.29, 1.82) is 0 Å². The van der Waals surface area contributed by atoms with Gasteiger partial charge >= 0.3 is 11.9 Å². The SMILES string of the molecule is CC/C=C\C/C=C\C/C=C\C/C=C\C(CCCCCC(=O)O)OC(=O)CCCCCCCCCCC/C=C\C/C=C\CCCCCCC. The Hall–Kier alpha value is -2.62. The molecule has 0 radical (unpaired) electrons. The zero-order valence-electron chi connectivity index (χ0n) is 31.3. The first-order chi connectivity index (χ1) is 23.6. The summed E-state index contributed by atoms with van der Waals surface area (Å²) in [7, 11) is 0. The van der Waals surface area contributed by atoms with Gasteiger partial charge in [0.05, 0.1) is 0 Å². The molecule has 0 bridgehead atoms. The van der Waals surface area contributed by atoms with E-state index in [1.54, 1.807) is 0 Å². The van der Waals surface area contributed by atoms with Gasteiger partial charge in [-0.15, -0.1) is 0 Å². The van der Waals surface area contributed by atoms with Gasteiger partial charge in [-0.05, 0) is 89.5 Å². The zero-order chi connectivity index (χ0) is 35.0. The maximum Gasteiger partial charge on any atom is 0.306 e. The largest absolute Gasteiger partial charge is 0.481 e. The summed E-state index contributed by atoms with van der Waals surface area (Å²) in [5.41, 5.74) is 0. The van der Waals surface area contributed by atoms with Crippen molar-refractivity contribution >= 4 is 11.9 Å². The van der Waals surface area contributed by atoms with Crippen molar-refractivity contribution in [3.05, 3.63) is 72.9 Å². The van der Waals surface area contributed by atoms with Crippen LogP contribution < -0.4 is 0 Å². The molecule has 0 saturated carbocycles. The Kier molecular flexibility index (Phi) is 36.7. The van der Waals surface area contributed by atoms with E-state index in [0.717, 1.165) is 64.2 Å². The molecule has 0 aromatic heterocycles. The number of carbonyl (C=O) groups excluding carboxylic acids is 1. The van der Waals surface area contributed by atoms with Gasteiger partial charge in [0.15, 0.2) is 0 Å². The van der Waals surface area contributed by atoms with Crippen LogP contribution in [0.5, 0.6) is 0 Å². The quantitative estimate of drug-likeness (QED) is 0.0415. The van der Waals surface area contributed by atoms with Gasteiger partial charge < -0.3 is 9.84 Å². The van der Waals surface area contributed by atoms with E-state index < -0.39 is 5.97 Å². The molecular formula is C44H74O4. The van der Waals surface area contributed by atoms with Gasteiger partial charge in [0.1, 0.15) is 6.10 Å². The summed E-state index contributed by atoms with van der Waals surface area (Å²) in [6.07, 6.45) is 55.1. The fraction of sp³-hybridized carbons (Fsp3) is 0.682. The molecule has 0 rings (SSSR count). The van der Waals surface area contributed by atoms with Crippen molar-refractivity contribution in [3.8, 4) is 0 Å². The third-order valence-electron chi connectivity index (χ3n) is 8.40. The number of ether oxygens (including phenoxy) is 1. The summed E-state index contributed by atoms with van der Waals surface area (Å²) in [6.45, 7) is 4.41. The van der Waals surface area contributed by atoms with Gasteiger partial charge in [0, 0.05) is 12.8 Å². The smallest absolute Gasteiger partial charge is 0.306 e. The Balaban J connectivity index is 3.99. The first-order valence-corrected chi connectivity index (χ1v) is 19.9. The minimum atomic E-state index is -0.752. The normalized spacial score (nSPS) is 13.0. The second-order valence-electron chi connectivity index (χ2n) is 13.1. The molecule has 0 fully saturated rings. The molecule has 0 aromatic rings. The van der Waals surface area contributed by atoms with E-state index in [1.165, 1.54) is 89.9 Å². The maximum atomic E-state index is 12.6. The number of carboxylic acid groups (broad SMARTS) is 1. The lowest BCUT2D eigenvalue weighted by molar-refractivity contribution is -0.147. The summed E-state index contributed by atoms with van der Waals surface area (Å²) in [4.78, 5) is 23.4. The zero-order valence-corrected chi connectivity index (χ0v) is 31.3. The lowest BCUT2D eigenvalue weighted by Crippen LogP contribution is -2.16. The van der Waals surface area contributed by atoms with Crippen molar-refractivity contribution in [2.75, 3.05) is 0 Å². The van der Waals surface area contributed by atoms with Crippen LogP contribution in [0.4, 0.5) is 0 Å². The maximum absolute atomic E-state index is 12.6. The third kappa shape index (κ3) is 37.8. The fourth-order valence-corrected chi connectivity index (χ4v) is 5.48. The average molecular weight is 667 g/mol. The summed E-state index contributed by atoms with van der Waals surface area (Å²) < 4.78 is 5.82. The lowest BCUT2D eigenvalue weighted by Gasteiger charge is -2.14. The number of carbonyl (C=O) groups is 2. The molecule has 4 heteroatoms. The second-order valence-corrected chi connectivity index (χ2v) is 13.1. The molecular weight excluding hydrogens is 592 g/mol. The van der Waals surface area contributed by atoms with Crippen LogP contribution in [0, 0.1) is 0 Å². The van der Waals surface area contributed by atoms with Crippen molar-refractivity contribution < 1.29 is 19.4 Å². The number of aliphatic carboxylic acids is 1. The van der Waals surface area contributed by atoms with Crippen LogP contribution in [-0.2, 0) is 14.3 Å². The Morgan fingerprint density at radius 3 is 1.48 bits per heavy atom. The highest BCUT2D eigenvalue weighted by Gasteiger charge is 2.11. The standard InChI is InChI=1S/C44H74O4/c1-3-5-7-9-11-13-15-16-17-18-19-20-21-22-23-24-26-28-30-32-37-41-44(47)48-42(39-35-33-36-40-43(45)46)38-34-31-29-27-25-14-12-10-8-6-4-2/h6,8,12,14-16,18-19,27,29,34,38,42H,3-5,7,9-11,13,17,20-26,28,30-33,35-37,39-41H2,1-2H3,(H,45,46)/b8-6-,14-12-,16-15-,19-18-,29-27-,38-34-. The number of allylic oxidation sites excluding steroid dienone is 11. The number of rotatable bonds is 35. The second kappa shape index (κ2) is 38.8. The number of unbranched alkanes of at least 4 members (excludes halogenated alkanes) is 16. The highest BCUT2D eigenvalue weighted by Crippen LogP contribution is 2.15. The Bertz CT molecular complexity index is 892. The Morgan fingerprint density at radius 1 is 0.500 bits per heavy atom. The molecule has 0 aliphatic rings. The van der Waals surface area contributed by atoms with E-state index in [1.807, 2.05) is 6.08 Å². The van der Waals surface area contributed by atoms with E-state index in [9.17, 15) is 9.59 Å². The van der Waals surface area contributed by atoms with Crippen molar-refractivity contribution in [2.45, 2.75) is 193 Å². The molecule has 48 heavy (non-hydrogen) atoms. The summed E-state index contributed by atoms with van der Waals surface area (Å²) in [5.74, 6) is -0.867. The van der Waals surface area contributed by atoms with E-state index >= 15 is 0 Å². The van der Waals surface area contributed by atoms with Crippen molar-refractivity contribution in [1.82, 2.24) is 0 Å². The predicted molar refractivity (Wildman–Crippen MR) is 208 cm³/mol. The number of hydrogen-bond acceptors (Lipinski definition) is 3. The molecule has 0 heterocycles. The molecule has 0 amide bonds. The van der Waals surface area contributed by atoms with E-state index in [4.69, 9.17) is 9.84 Å². The lowest BCUT2D eigenvalue weighted by atomic mass is 10.1. The topological polar surface area (TPSA) is 63.6 Å². The molecule has 0 spiro atoms. The van der Waals surface area contributed by atoms with Gasteiger partial charge in [0.2, 0.25) is 0 Å². The fourth-order valence-electron chi connectivity index (χ4n) is 5.48. The van der Waals surface area contributed by atoms with Gasteiger partial charge in [-0.1, -0.05) is 158 Å². The van der Waals surface area contributed by atoms with Crippen LogP contribution in [-0.4, -0.2) is 23.1 Å². The molecule has 4 nitrogen and oxygen atoms in total. The van der Waals surface area contributed by atoms with Crippen LogP contribution in [0.3, 0.4) is 0 Å². The average Bonchev–Trinajstić information content (AvgIpc) is 3.07. The van der Waals surface area contributed by atoms with Gasteiger partial charge in [-0.25, -0.2) is 0 Å². The molecule has 0 aliphatic carbocycles. The third-order valence-corrected chi connectivity index (χ3v) is 8.40. The van der Waals surface area contributed by atoms with E-state index in [-0.39, 0.29) is 18.5 Å². The predicted octanol–water partition coefficient (Wildman–Crippen LogP) is 13.9. The van der Waals surface area contributed by atoms with Crippen LogP contribution in [0.2, 0.25) is 0 Å². The molecule has 0 aliphatic heterocycles. The monoisotopic (exact) mass is 667 g/mol.